The van der Waals surface area contributed by atoms with Gasteiger partial charge in [-0.25, -0.2) is 0 Å². The van der Waals surface area contributed by atoms with Crippen LogP contribution in [-0.4, -0.2) is 40.9 Å². The van der Waals surface area contributed by atoms with Crippen LogP contribution in [0, 0.1) is 5.92 Å². The van der Waals surface area contributed by atoms with Crippen LogP contribution in [0.5, 0.6) is 0 Å². The van der Waals surface area contributed by atoms with Crippen LogP contribution in [0.2, 0.25) is 0 Å². The molecule has 1 aliphatic carbocycles. The summed E-state index contributed by atoms with van der Waals surface area (Å²) >= 11 is 0. The lowest BCUT2D eigenvalue weighted by atomic mass is 9.74. The molecule has 3 unspecified atom stereocenters. The summed E-state index contributed by atoms with van der Waals surface area (Å²) in [4.78, 5) is 0. The molecule has 1 saturated heterocycles. The molecule has 1 saturated carbocycles. The molecule has 2 rings (SSSR count). The van der Waals surface area contributed by atoms with Crippen LogP contribution in [0.4, 0.5) is 0 Å². The minimum absolute atomic E-state index is 0.176. The van der Waals surface area contributed by atoms with Crippen molar-refractivity contribution in [3.05, 3.63) is 0 Å². The van der Waals surface area contributed by atoms with Crippen molar-refractivity contribution in [3.63, 3.8) is 0 Å². The van der Waals surface area contributed by atoms with Gasteiger partial charge in [-0.3, -0.25) is 0 Å². The van der Waals surface area contributed by atoms with E-state index in [1.807, 2.05) is 6.92 Å². The van der Waals surface area contributed by atoms with Crippen LogP contribution in [0.15, 0.2) is 0 Å². The maximum absolute atomic E-state index is 9.86. The van der Waals surface area contributed by atoms with Crippen LogP contribution in [-0.2, 0) is 9.47 Å². The Morgan fingerprint density at radius 3 is 2.33 bits per heavy atom. The highest BCUT2D eigenvalue weighted by Gasteiger charge is 2.47. The van der Waals surface area contributed by atoms with E-state index in [1.54, 1.807) is 6.92 Å². The SMILES string of the molecule is CC1(O)CCC(C2(C)OCCO2)CC1O. The van der Waals surface area contributed by atoms with Crippen LogP contribution >= 0.6 is 0 Å². The van der Waals surface area contributed by atoms with Gasteiger partial charge < -0.3 is 19.7 Å². The van der Waals surface area contributed by atoms with E-state index in [0.717, 1.165) is 6.42 Å². The van der Waals surface area contributed by atoms with Crippen molar-refractivity contribution in [2.24, 2.45) is 5.92 Å². The van der Waals surface area contributed by atoms with Crippen molar-refractivity contribution in [1.82, 2.24) is 0 Å². The molecular weight excluding hydrogens is 196 g/mol. The lowest BCUT2D eigenvalue weighted by molar-refractivity contribution is -0.212. The molecule has 88 valence electrons. The Morgan fingerprint density at radius 1 is 1.20 bits per heavy atom. The molecule has 1 aliphatic heterocycles. The normalized spacial score (nSPS) is 45.6. The molecule has 2 fully saturated rings. The van der Waals surface area contributed by atoms with E-state index in [0.29, 0.717) is 26.1 Å². The van der Waals surface area contributed by atoms with E-state index in [-0.39, 0.29) is 5.92 Å². The van der Waals surface area contributed by atoms with Crippen molar-refractivity contribution in [1.29, 1.82) is 0 Å². The third kappa shape index (κ3) is 2.04. The third-order valence-electron chi connectivity index (χ3n) is 3.83. The van der Waals surface area contributed by atoms with Crippen LogP contribution in [0.25, 0.3) is 0 Å². The number of rotatable bonds is 1. The molecule has 0 spiro atoms. The van der Waals surface area contributed by atoms with Gasteiger partial charge in [-0.2, -0.15) is 0 Å². The number of aliphatic hydroxyl groups excluding tert-OH is 1. The van der Waals surface area contributed by atoms with Crippen molar-refractivity contribution in [2.45, 2.75) is 50.6 Å². The first-order valence-electron chi connectivity index (χ1n) is 5.62. The van der Waals surface area contributed by atoms with Gasteiger partial charge in [-0.15, -0.1) is 0 Å². The van der Waals surface area contributed by atoms with E-state index >= 15 is 0 Å². The van der Waals surface area contributed by atoms with E-state index in [4.69, 9.17) is 9.47 Å². The second-order valence-electron chi connectivity index (χ2n) is 5.06. The summed E-state index contributed by atoms with van der Waals surface area (Å²) in [5.41, 5.74) is -0.953. The highest BCUT2D eigenvalue weighted by molar-refractivity contribution is 4.93. The Hall–Kier alpha value is -0.160. The molecule has 0 amide bonds. The van der Waals surface area contributed by atoms with Crippen LogP contribution in [0.1, 0.15) is 33.1 Å². The van der Waals surface area contributed by atoms with Crippen molar-refractivity contribution in [2.75, 3.05) is 13.2 Å². The Bertz CT molecular complexity index is 233. The molecule has 2 aliphatic rings. The number of hydrogen-bond donors (Lipinski definition) is 2. The molecule has 3 atom stereocenters. The van der Waals surface area contributed by atoms with Gasteiger partial charge in [0.2, 0.25) is 0 Å². The van der Waals surface area contributed by atoms with Gasteiger partial charge in [0.05, 0.1) is 24.9 Å². The molecule has 4 heteroatoms. The summed E-state index contributed by atoms with van der Waals surface area (Å²) in [7, 11) is 0. The average molecular weight is 216 g/mol. The Labute approximate surface area is 90.2 Å². The molecule has 0 aromatic rings. The van der Waals surface area contributed by atoms with Gasteiger partial charge >= 0.3 is 0 Å². The molecule has 4 nitrogen and oxygen atoms in total. The number of hydrogen-bond acceptors (Lipinski definition) is 4. The fourth-order valence-electron chi connectivity index (χ4n) is 2.52. The fraction of sp³-hybridized carbons (Fsp3) is 1.00. The third-order valence-corrected chi connectivity index (χ3v) is 3.83. The van der Waals surface area contributed by atoms with Gasteiger partial charge in [0.15, 0.2) is 5.79 Å². The minimum atomic E-state index is -0.953. The van der Waals surface area contributed by atoms with Gasteiger partial charge in [0.1, 0.15) is 0 Å². The Balaban J connectivity index is 2.02. The minimum Gasteiger partial charge on any atom is -0.390 e. The molecule has 0 aromatic carbocycles. The van der Waals surface area contributed by atoms with Crippen molar-refractivity contribution in [3.8, 4) is 0 Å². The van der Waals surface area contributed by atoms with E-state index in [9.17, 15) is 10.2 Å². The molecule has 0 bridgehead atoms. The highest BCUT2D eigenvalue weighted by Crippen LogP contribution is 2.41. The van der Waals surface area contributed by atoms with Gasteiger partial charge in [0, 0.05) is 5.92 Å². The molecule has 0 aromatic heterocycles. The second kappa shape index (κ2) is 3.70. The zero-order chi connectivity index (χ0) is 11.1. The largest absolute Gasteiger partial charge is 0.390 e. The lowest BCUT2D eigenvalue weighted by Crippen LogP contribution is -2.50. The standard InChI is InChI=1S/C11H20O4/c1-10(13)4-3-8(7-9(10)12)11(2)14-5-6-15-11/h8-9,12-13H,3-7H2,1-2H3. The fourth-order valence-corrected chi connectivity index (χ4v) is 2.52. The summed E-state index contributed by atoms with van der Waals surface area (Å²) in [5, 5.41) is 19.7. The summed E-state index contributed by atoms with van der Waals surface area (Å²) < 4.78 is 11.2. The second-order valence-corrected chi connectivity index (χ2v) is 5.06. The molecule has 0 radical (unpaired) electrons. The zero-order valence-electron chi connectivity index (χ0n) is 9.40. The first-order chi connectivity index (χ1) is 6.94. The maximum Gasteiger partial charge on any atom is 0.168 e. The monoisotopic (exact) mass is 216 g/mol. The van der Waals surface area contributed by atoms with E-state index < -0.39 is 17.5 Å². The molecule has 1 heterocycles. The molecule has 2 N–H and O–H groups in total. The van der Waals surface area contributed by atoms with Gasteiger partial charge in [-0.1, -0.05) is 0 Å². The van der Waals surface area contributed by atoms with Gasteiger partial charge in [0.25, 0.3) is 0 Å². The topological polar surface area (TPSA) is 58.9 Å². The predicted octanol–water partition coefficient (Wildman–Crippen LogP) is 0.661. The van der Waals surface area contributed by atoms with Gasteiger partial charge in [-0.05, 0) is 33.1 Å². The van der Waals surface area contributed by atoms with E-state index in [1.165, 1.54) is 0 Å². The molecule has 15 heavy (non-hydrogen) atoms. The highest BCUT2D eigenvalue weighted by atomic mass is 16.7. The van der Waals surface area contributed by atoms with Crippen molar-refractivity contribution >= 4 is 0 Å². The number of ether oxygens (including phenoxy) is 2. The van der Waals surface area contributed by atoms with E-state index in [2.05, 4.69) is 0 Å². The first-order valence-corrected chi connectivity index (χ1v) is 5.62. The summed E-state index contributed by atoms with van der Waals surface area (Å²) in [6.07, 6.45) is 1.30. The predicted molar refractivity (Wildman–Crippen MR) is 54.3 cm³/mol. The zero-order valence-corrected chi connectivity index (χ0v) is 9.40. The van der Waals surface area contributed by atoms with Crippen molar-refractivity contribution < 1.29 is 19.7 Å². The first kappa shape index (κ1) is 11.3. The Morgan fingerprint density at radius 2 is 1.80 bits per heavy atom. The summed E-state index contributed by atoms with van der Waals surface area (Å²) in [6, 6.07) is 0. The van der Waals surface area contributed by atoms with Crippen LogP contribution < -0.4 is 0 Å². The average Bonchev–Trinajstić information content (AvgIpc) is 2.58. The quantitative estimate of drug-likeness (QED) is 0.676. The molecular formula is C11H20O4. The van der Waals surface area contributed by atoms with Crippen LogP contribution in [0.3, 0.4) is 0 Å². The summed E-state index contributed by atoms with van der Waals surface area (Å²) in [5.74, 6) is -0.382. The maximum atomic E-state index is 9.86. The summed E-state index contributed by atoms with van der Waals surface area (Å²) in [6.45, 7) is 4.86. The smallest absolute Gasteiger partial charge is 0.168 e. The number of aliphatic hydroxyl groups is 2. The Kier molecular flexibility index (Phi) is 2.79. The lowest BCUT2D eigenvalue weighted by Gasteiger charge is -2.42.